The third-order valence-electron chi connectivity index (χ3n) is 3.76. The van der Waals surface area contributed by atoms with Gasteiger partial charge < -0.3 is 10.2 Å². The van der Waals surface area contributed by atoms with Crippen molar-refractivity contribution in [2.24, 2.45) is 0 Å². The number of unbranched alkanes of at least 4 members (excludes halogenated alkanes) is 1. The minimum atomic E-state index is 0.476. The van der Waals surface area contributed by atoms with E-state index < -0.39 is 0 Å². The molecule has 1 atom stereocenters. The molecule has 0 aromatic carbocycles. The molecule has 21 heavy (non-hydrogen) atoms. The predicted octanol–water partition coefficient (Wildman–Crippen LogP) is 4.75. The van der Waals surface area contributed by atoms with Crippen molar-refractivity contribution in [2.45, 2.75) is 72.5 Å². The van der Waals surface area contributed by atoms with Gasteiger partial charge in [-0.3, -0.25) is 0 Å². The van der Waals surface area contributed by atoms with E-state index in [1.54, 1.807) is 0 Å². The van der Waals surface area contributed by atoms with Crippen molar-refractivity contribution in [2.75, 3.05) is 11.4 Å². The summed E-state index contributed by atoms with van der Waals surface area (Å²) in [4.78, 5) is 7.18. The molecule has 1 heterocycles. The van der Waals surface area contributed by atoms with Crippen LogP contribution in [0.4, 0.5) is 5.82 Å². The molecular formula is C17H30BrN3. The number of anilines is 1. The highest BCUT2D eigenvalue weighted by Gasteiger charge is 2.17. The van der Waals surface area contributed by atoms with E-state index in [1.807, 2.05) is 6.20 Å². The first-order chi connectivity index (χ1) is 9.99. The van der Waals surface area contributed by atoms with Crippen molar-refractivity contribution in [3.8, 4) is 0 Å². The molecule has 3 nitrogen and oxygen atoms in total. The molecule has 1 rings (SSSR count). The molecule has 0 aliphatic rings. The molecule has 0 saturated heterocycles. The van der Waals surface area contributed by atoms with Crippen LogP contribution in [0.2, 0.25) is 0 Å². The van der Waals surface area contributed by atoms with E-state index >= 15 is 0 Å². The number of aromatic nitrogens is 1. The number of nitrogens with zero attached hydrogens (tertiary/aromatic N) is 2. The summed E-state index contributed by atoms with van der Waals surface area (Å²) in [5, 5.41) is 3.51. The van der Waals surface area contributed by atoms with Crippen LogP contribution < -0.4 is 10.2 Å². The zero-order valence-corrected chi connectivity index (χ0v) is 15.7. The molecule has 0 fully saturated rings. The van der Waals surface area contributed by atoms with Crippen molar-refractivity contribution in [1.29, 1.82) is 0 Å². The monoisotopic (exact) mass is 355 g/mol. The molecule has 0 aliphatic carbocycles. The first kappa shape index (κ1) is 18.4. The number of hydrogen-bond donors (Lipinski definition) is 1. The summed E-state index contributed by atoms with van der Waals surface area (Å²) in [6.45, 7) is 13.1. The van der Waals surface area contributed by atoms with E-state index in [4.69, 9.17) is 4.98 Å². The summed E-state index contributed by atoms with van der Waals surface area (Å²) < 4.78 is 1.05. The summed E-state index contributed by atoms with van der Waals surface area (Å²) in [6.07, 6.45) is 5.47. The molecule has 0 saturated carbocycles. The topological polar surface area (TPSA) is 28.2 Å². The maximum absolute atomic E-state index is 4.72. The fraction of sp³-hybridized carbons (Fsp3) is 0.706. The molecule has 0 spiro atoms. The first-order valence-electron chi connectivity index (χ1n) is 8.14. The van der Waals surface area contributed by atoms with Gasteiger partial charge in [-0.1, -0.05) is 34.1 Å². The van der Waals surface area contributed by atoms with Gasteiger partial charge in [0.25, 0.3) is 0 Å². The zero-order valence-electron chi connectivity index (χ0n) is 14.1. The number of rotatable bonds is 9. The van der Waals surface area contributed by atoms with Gasteiger partial charge in [-0.25, -0.2) is 4.98 Å². The van der Waals surface area contributed by atoms with Gasteiger partial charge in [-0.2, -0.15) is 0 Å². The lowest BCUT2D eigenvalue weighted by Crippen LogP contribution is -2.35. The molecule has 1 aromatic heterocycles. The Morgan fingerprint density at radius 3 is 2.57 bits per heavy atom. The molecular weight excluding hydrogens is 326 g/mol. The van der Waals surface area contributed by atoms with Gasteiger partial charge in [0.2, 0.25) is 0 Å². The van der Waals surface area contributed by atoms with Gasteiger partial charge in [0.15, 0.2) is 0 Å². The molecule has 1 unspecified atom stereocenters. The van der Waals surface area contributed by atoms with Crippen molar-refractivity contribution >= 4 is 21.7 Å². The lowest BCUT2D eigenvalue weighted by atomic mass is 10.1. The highest BCUT2D eigenvalue weighted by Crippen LogP contribution is 2.25. The molecule has 0 aliphatic heterocycles. The first-order valence-corrected chi connectivity index (χ1v) is 8.93. The van der Waals surface area contributed by atoms with Gasteiger partial charge in [0, 0.05) is 41.4 Å². The number of pyridine rings is 1. The lowest BCUT2D eigenvalue weighted by Gasteiger charge is -2.31. The quantitative estimate of drug-likeness (QED) is 0.692. The maximum Gasteiger partial charge on any atom is 0.133 e. The Morgan fingerprint density at radius 1 is 1.29 bits per heavy atom. The minimum Gasteiger partial charge on any atom is -0.354 e. The lowest BCUT2D eigenvalue weighted by molar-refractivity contribution is 0.568. The Balaban J connectivity index is 3.04. The van der Waals surface area contributed by atoms with E-state index in [9.17, 15) is 0 Å². The number of nitrogens with one attached hydrogen (secondary N) is 1. The Hall–Kier alpha value is -0.610. The smallest absolute Gasteiger partial charge is 0.133 e. The van der Waals surface area contributed by atoms with Crippen LogP contribution in [-0.2, 0) is 6.54 Å². The van der Waals surface area contributed by atoms with Crippen molar-refractivity contribution in [3.63, 3.8) is 0 Å². The van der Waals surface area contributed by atoms with Crippen LogP contribution >= 0.6 is 15.9 Å². The molecule has 1 aromatic rings. The second kappa shape index (κ2) is 9.42. The van der Waals surface area contributed by atoms with E-state index in [0.29, 0.717) is 12.1 Å². The van der Waals surface area contributed by atoms with Crippen LogP contribution in [0.1, 0.15) is 59.4 Å². The Kier molecular flexibility index (Phi) is 8.27. The molecule has 0 amide bonds. The van der Waals surface area contributed by atoms with E-state index in [1.165, 1.54) is 18.4 Å². The summed E-state index contributed by atoms with van der Waals surface area (Å²) in [7, 11) is 0. The van der Waals surface area contributed by atoms with Crippen LogP contribution in [0.5, 0.6) is 0 Å². The largest absolute Gasteiger partial charge is 0.354 e. The molecule has 120 valence electrons. The Morgan fingerprint density at radius 2 is 2.00 bits per heavy atom. The van der Waals surface area contributed by atoms with Gasteiger partial charge in [0.05, 0.1) is 0 Å². The van der Waals surface area contributed by atoms with Crippen LogP contribution in [0.15, 0.2) is 16.7 Å². The molecule has 0 radical (unpaired) electrons. The third-order valence-corrected chi connectivity index (χ3v) is 4.19. The van der Waals surface area contributed by atoms with Crippen LogP contribution in [0.3, 0.4) is 0 Å². The number of halogens is 1. The fourth-order valence-electron chi connectivity index (χ4n) is 2.26. The molecule has 1 N–H and O–H groups in total. The van der Waals surface area contributed by atoms with Crippen LogP contribution in [-0.4, -0.2) is 23.6 Å². The van der Waals surface area contributed by atoms with Crippen LogP contribution in [0, 0.1) is 0 Å². The fourth-order valence-corrected chi connectivity index (χ4v) is 2.64. The highest BCUT2D eigenvalue weighted by atomic mass is 79.9. The van der Waals surface area contributed by atoms with Crippen molar-refractivity contribution in [3.05, 3.63) is 22.3 Å². The third kappa shape index (κ3) is 5.95. The van der Waals surface area contributed by atoms with E-state index in [-0.39, 0.29) is 0 Å². The summed E-state index contributed by atoms with van der Waals surface area (Å²) in [5.74, 6) is 1.13. The highest BCUT2D eigenvalue weighted by molar-refractivity contribution is 9.10. The maximum atomic E-state index is 4.72. The van der Waals surface area contributed by atoms with Crippen molar-refractivity contribution < 1.29 is 0 Å². The molecule has 4 heteroatoms. The van der Waals surface area contributed by atoms with E-state index in [2.05, 4.69) is 66.8 Å². The summed E-state index contributed by atoms with van der Waals surface area (Å²) in [5.41, 5.74) is 1.27. The second-order valence-electron chi connectivity index (χ2n) is 5.98. The van der Waals surface area contributed by atoms with Gasteiger partial charge >= 0.3 is 0 Å². The minimum absolute atomic E-state index is 0.476. The zero-order chi connectivity index (χ0) is 15.8. The van der Waals surface area contributed by atoms with Gasteiger partial charge in [0.1, 0.15) is 5.82 Å². The van der Waals surface area contributed by atoms with Gasteiger partial charge in [-0.05, 0) is 41.8 Å². The molecule has 0 bridgehead atoms. The van der Waals surface area contributed by atoms with E-state index in [0.717, 1.165) is 29.8 Å². The predicted molar refractivity (Wildman–Crippen MR) is 95.9 cm³/mol. The normalized spacial score (nSPS) is 12.7. The summed E-state index contributed by atoms with van der Waals surface area (Å²) >= 11 is 3.55. The average Bonchev–Trinajstić information content (AvgIpc) is 2.46. The second-order valence-corrected chi connectivity index (χ2v) is 6.89. The Bertz CT molecular complexity index is 420. The van der Waals surface area contributed by atoms with Crippen molar-refractivity contribution in [1.82, 2.24) is 10.3 Å². The summed E-state index contributed by atoms with van der Waals surface area (Å²) in [6, 6.07) is 3.19. The standard InChI is InChI=1S/C17H30BrN3/c1-6-8-9-21(14(5)7-2)17-15(11-19-13(3)4)10-16(18)12-20-17/h10,12-14,19H,6-9,11H2,1-5H3. The van der Waals surface area contributed by atoms with Crippen LogP contribution in [0.25, 0.3) is 0 Å². The Labute approximate surface area is 138 Å². The number of hydrogen-bond acceptors (Lipinski definition) is 3. The SMILES string of the molecule is CCCCN(c1ncc(Br)cc1CNC(C)C)C(C)CC. The average molecular weight is 356 g/mol. The van der Waals surface area contributed by atoms with Gasteiger partial charge in [-0.15, -0.1) is 0 Å².